The van der Waals surface area contributed by atoms with E-state index in [9.17, 15) is 18.3 Å². The van der Waals surface area contributed by atoms with Crippen LogP contribution in [0.1, 0.15) is 31.0 Å². The molecular formula is C14H13F3N4O3. The molecule has 1 N–H and O–H groups in total. The standard InChI is InChI=1S/C14H13F3N4O3/c1-7-6-21-8(5-9(19-21)23-4-3-18)11-10(7)12(20-24-11)13(2,22)14(15,16)17/h5,7,22H,4,6H2,1-2H3/t7-,13+/m1/s1. The number of hydrogen-bond donors (Lipinski definition) is 1. The van der Waals surface area contributed by atoms with Crippen molar-refractivity contribution in [2.24, 2.45) is 0 Å². The summed E-state index contributed by atoms with van der Waals surface area (Å²) in [4.78, 5) is 0. The minimum Gasteiger partial charge on any atom is -0.461 e. The molecular weight excluding hydrogens is 329 g/mol. The summed E-state index contributed by atoms with van der Waals surface area (Å²) in [7, 11) is 0. The summed E-state index contributed by atoms with van der Waals surface area (Å²) in [6.45, 7) is 2.39. The summed E-state index contributed by atoms with van der Waals surface area (Å²) in [5.74, 6) is -0.147. The second-order valence-corrected chi connectivity index (χ2v) is 5.74. The summed E-state index contributed by atoms with van der Waals surface area (Å²) in [5, 5.41) is 26.1. The molecule has 0 aliphatic carbocycles. The van der Waals surface area contributed by atoms with Gasteiger partial charge in [-0.25, -0.2) is 0 Å². The molecule has 0 saturated heterocycles. The number of alkyl halides is 3. The van der Waals surface area contributed by atoms with Gasteiger partial charge in [0.25, 0.3) is 0 Å². The molecule has 0 unspecified atom stereocenters. The zero-order valence-electron chi connectivity index (χ0n) is 12.8. The molecule has 2 aromatic rings. The Balaban J connectivity index is 2.09. The lowest BCUT2D eigenvalue weighted by atomic mass is 9.88. The van der Waals surface area contributed by atoms with Crippen molar-refractivity contribution in [2.45, 2.75) is 38.1 Å². The van der Waals surface area contributed by atoms with E-state index in [2.05, 4.69) is 10.3 Å². The smallest absolute Gasteiger partial charge is 0.422 e. The van der Waals surface area contributed by atoms with E-state index in [1.807, 2.05) is 0 Å². The SMILES string of the molecule is C[C@@H]1Cn2nc(OCC#N)cc2-c2onc([C@](C)(O)C(F)(F)F)c21. The van der Waals surface area contributed by atoms with E-state index in [-0.39, 0.29) is 30.4 Å². The van der Waals surface area contributed by atoms with Crippen LogP contribution in [-0.4, -0.2) is 32.8 Å². The van der Waals surface area contributed by atoms with Crippen LogP contribution in [0.2, 0.25) is 0 Å². The van der Waals surface area contributed by atoms with E-state index in [0.717, 1.165) is 0 Å². The molecule has 10 heteroatoms. The molecule has 0 bridgehead atoms. The Bertz CT molecular complexity index is 816. The average Bonchev–Trinajstić information content (AvgIpc) is 3.07. The van der Waals surface area contributed by atoms with Gasteiger partial charge in [0, 0.05) is 24.1 Å². The number of nitriles is 1. The lowest BCUT2D eigenvalue weighted by molar-refractivity contribution is -0.261. The normalized spacial score (nSPS) is 19.1. The van der Waals surface area contributed by atoms with Crippen LogP contribution in [0.4, 0.5) is 13.2 Å². The Morgan fingerprint density at radius 2 is 2.25 bits per heavy atom. The monoisotopic (exact) mass is 342 g/mol. The molecule has 0 aromatic carbocycles. The zero-order valence-corrected chi connectivity index (χ0v) is 12.8. The molecule has 128 valence electrons. The molecule has 1 aliphatic heterocycles. The molecule has 3 heterocycles. The van der Waals surface area contributed by atoms with Crippen molar-refractivity contribution in [3.8, 4) is 23.4 Å². The highest BCUT2D eigenvalue weighted by Crippen LogP contribution is 2.46. The van der Waals surface area contributed by atoms with Gasteiger partial charge in [-0.05, 0) is 6.92 Å². The third-order valence-electron chi connectivity index (χ3n) is 3.96. The Kier molecular flexibility index (Phi) is 3.56. The van der Waals surface area contributed by atoms with Crippen LogP contribution in [0.5, 0.6) is 5.88 Å². The summed E-state index contributed by atoms with van der Waals surface area (Å²) >= 11 is 0. The zero-order chi connectivity index (χ0) is 17.7. The van der Waals surface area contributed by atoms with Gasteiger partial charge >= 0.3 is 6.18 Å². The highest BCUT2D eigenvalue weighted by Gasteiger charge is 2.55. The molecule has 2 aromatic heterocycles. The lowest BCUT2D eigenvalue weighted by Crippen LogP contribution is -2.40. The molecule has 0 saturated carbocycles. The van der Waals surface area contributed by atoms with Crippen LogP contribution in [0, 0.1) is 11.3 Å². The van der Waals surface area contributed by atoms with Gasteiger partial charge < -0.3 is 14.4 Å². The second-order valence-electron chi connectivity index (χ2n) is 5.74. The molecule has 2 atom stereocenters. The number of aromatic nitrogens is 3. The van der Waals surface area contributed by atoms with Crippen molar-refractivity contribution in [1.29, 1.82) is 5.26 Å². The van der Waals surface area contributed by atoms with Gasteiger partial charge in [-0.3, -0.25) is 4.68 Å². The van der Waals surface area contributed by atoms with Crippen LogP contribution >= 0.6 is 0 Å². The first-order chi connectivity index (χ1) is 11.2. The number of nitrogens with zero attached hydrogens (tertiary/aromatic N) is 4. The fourth-order valence-electron chi connectivity index (χ4n) is 2.67. The maximum Gasteiger partial charge on any atom is 0.422 e. The molecule has 0 fully saturated rings. The summed E-state index contributed by atoms with van der Waals surface area (Å²) in [6.07, 6.45) is -4.89. The van der Waals surface area contributed by atoms with Crippen molar-refractivity contribution >= 4 is 0 Å². The van der Waals surface area contributed by atoms with Crippen LogP contribution in [0.15, 0.2) is 10.6 Å². The molecule has 0 spiro atoms. The largest absolute Gasteiger partial charge is 0.461 e. The first-order valence-corrected chi connectivity index (χ1v) is 7.04. The Morgan fingerprint density at radius 1 is 1.54 bits per heavy atom. The van der Waals surface area contributed by atoms with Gasteiger partial charge in [-0.2, -0.15) is 18.4 Å². The van der Waals surface area contributed by atoms with Crippen LogP contribution in [0.3, 0.4) is 0 Å². The fourth-order valence-corrected chi connectivity index (χ4v) is 2.67. The van der Waals surface area contributed by atoms with E-state index in [4.69, 9.17) is 14.5 Å². The molecule has 24 heavy (non-hydrogen) atoms. The van der Waals surface area contributed by atoms with E-state index < -0.39 is 23.4 Å². The Hall–Kier alpha value is -2.54. The Morgan fingerprint density at radius 3 is 2.88 bits per heavy atom. The third kappa shape index (κ3) is 2.32. The highest BCUT2D eigenvalue weighted by molar-refractivity contribution is 5.63. The van der Waals surface area contributed by atoms with Gasteiger partial charge in [-0.15, -0.1) is 5.10 Å². The predicted octanol–water partition coefficient (Wildman–Crippen LogP) is 2.33. The van der Waals surface area contributed by atoms with Crippen molar-refractivity contribution in [1.82, 2.24) is 14.9 Å². The molecule has 0 radical (unpaired) electrons. The first kappa shape index (κ1) is 16.3. The molecule has 0 amide bonds. The highest BCUT2D eigenvalue weighted by atomic mass is 19.4. The molecule has 3 rings (SSSR count). The van der Waals surface area contributed by atoms with Crippen molar-refractivity contribution in [2.75, 3.05) is 6.61 Å². The number of rotatable bonds is 3. The van der Waals surface area contributed by atoms with Crippen LogP contribution in [0.25, 0.3) is 11.5 Å². The maximum absolute atomic E-state index is 13.1. The van der Waals surface area contributed by atoms with Gasteiger partial charge in [0.05, 0.1) is 0 Å². The average molecular weight is 342 g/mol. The van der Waals surface area contributed by atoms with Crippen molar-refractivity contribution < 1.29 is 27.5 Å². The number of halogens is 3. The topological polar surface area (TPSA) is 97.1 Å². The minimum absolute atomic E-state index is 0.104. The first-order valence-electron chi connectivity index (χ1n) is 7.04. The van der Waals surface area contributed by atoms with Crippen molar-refractivity contribution in [3.63, 3.8) is 0 Å². The van der Waals surface area contributed by atoms with Gasteiger partial charge in [-0.1, -0.05) is 12.1 Å². The Labute approximate surface area is 134 Å². The van der Waals surface area contributed by atoms with Gasteiger partial charge in [0.15, 0.2) is 12.4 Å². The molecule has 1 aliphatic rings. The lowest BCUT2D eigenvalue weighted by Gasteiger charge is -2.27. The van der Waals surface area contributed by atoms with E-state index in [1.54, 1.807) is 13.0 Å². The van der Waals surface area contributed by atoms with E-state index >= 15 is 0 Å². The van der Waals surface area contributed by atoms with Crippen molar-refractivity contribution in [3.05, 3.63) is 17.3 Å². The quantitative estimate of drug-likeness (QED) is 0.919. The maximum atomic E-state index is 13.1. The van der Waals surface area contributed by atoms with Gasteiger partial charge in [0.2, 0.25) is 11.5 Å². The fraction of sp³-hybridized carbons (Fsp3) is 0.500. The predicted molar refractivity (Wildman–Crippen MR) is 72.9 cm³/mol. The summed E-state index contributed by atoms with van der Waals surface area (Å²) < 4.78 is 51.1. The minimum atomic E-state index is -4.89. The van der Waals surface area contributed by atoms with Gasteiger partial charge in [0.1, 0.15) is 17.5 Å². The third-order valence-corrected chi connectivity index (χ3v) is 3.96. The van der Waals surface area contributed by atoms with E-state index in [0.29, 0.717) is 12.6 Å². The van der Waals surface area contributed by atoms with Crippen LogP contribution < -0.4 is 4.74 Å². The molecule has 7 nitrogen and oxygen atoms in total. The second kappa shape index (κ2) is 5.24. The number of ether oxygens (including phenoxy) is 1. The summed E-state index contributed by atoms with van der Waals surface area (Å²) in [5.41, 5.74) is -3.10. The number of fused-ring (bicyclic) bond motifs is 3. The summed E-state index contributed by atoms with van der Waals surface area (Å²) in [6, 6.07) is 3.26. The number of aliphatic hydroxyl groups is 1. The number of hydrogen-bond acceptors (Lipinski definition) is 6. The van der Waals surface area contributed by atoms with E-state index in [1.165, 1.54) is 10.7 Å². The van der Waals surface area contributed by atoms with Crippen LogP contribution in [-0.2, 0) is 12.1 Å².